The first-order valence-electron chi connectivity index (χ1n) is 9.94. The second-order valence-electron chi connectivity index (χ2n) is 7.09. The number of aliphatic hydroxyl groups excluding tert-OH is 1. The fraction of sp³-hybridized carbons (Fsp3) is 0.167. The molecule has 4 aromatic rings. The number of rotatable bonds is 8. The average molecular weight is 480 g/mol. The maximum Gasteiger partial charge on any atom is 0.251 e. The second-order valence-corrected chi connectivity index (χ2v) is 8.01. The number of para-hydroxylation sites is 2. The molecule has 7 heteroatoms. The SMILES string of the molecule is O=C(NCc1nc2ccccc2n1C[C@@H](O)COc1ccc(Br)cc1)c1ccccc1. The van der Waals surface area contributed by atoms with E-state index in [1.165, 1.54) is 0 Å². The van der Waals surface area contributed by atoms with Crippen molar-refractivity contribution in [1.82, 2.24) is 14.9 Å². The minimum atomic E-state index is -0.746. The molecule has 0 saturated heterocycles. The number of fused-ring (bicyclic) bond motifs is 1. The molecule has 0 radical (unpaired) electrons. The molecule has 0 aliphatic rings. The van der Waals surface area contributed by atoms with Gasteiger partial charge in [-0.25, -0.2) is 4.98 Å². The Kier molecular flexibility index (Phi) is 6.64. The van der Waals surface area contributed by atoms with Gasteiger partial charge in [0.1, 0.15) is 24.3 Å². The number of carbonyl (C=O) groups is 1. The van der Waals surface area contributed by atoms with Gasteiger partial charge in [0, 0.05) is 10.0 Å². The van der Waals surface area contributed by atoms with Crippen LogP contribution in [0.4, 0.5) is 0 Å². The Morgan fingerprint density at radius 2 is 1.74 bits per heavy atom. The molecule has 0 fully saturated rings. The molecule has 2 N–H and O–H groups in total. The lowest BCUT2D eigenvalue weighted by atomic mass is 10.2. The van der Waals surface area contributed by atoms with Crippen LogP contribution < -0.4 is 10.1 Å². The lowest BCUT2D eigenvalue weighted by Crippen LogP contribution is -2.28. The smallest absolute Gasteiger partial charge is 0.251 e. The number of benzene rings is 3. The first-order chi connectivity index (χ1) is 15.1. The Morgan fingerprint density at radius 1 is 1.03 bits per heavy atom. The normalized spacial score (nSPS) is 11.9. The van der Waals surface area contributed by atoms with Crippen molar-refractivity contribution in [1.29, 1.82) is 0 Å². The van der Waals surface area contributed by atoms with E-state index in [-0.39, 0.29) is 19.1 Å². The number of hydrogen-bond acceptors (Lipinski definition) is 4. The van der Waals surface area contributed by atoms with Crippen molar-refractivity contribution in [3.63, 3.8) is 0 Å². The Morgan fingerprint density at radius 3 is 2.52 bits per heavy atom. The summed E-state index contributed by atoms with van der Waals surface area (Å²) in [5.41, 5.74) is 2.30. The number of imidazole rings is 1. The quantitative estimate of drug-likeness (QED) is 0.397. The summed E-state index contributed by atoms with van der Waals surface area (Å²) in [5, 5.41) is 13.5. The molecule has 1 atom stereocenters. The van der Waals surface area contributed by atoms with Crippen molar-refractivity contribution in [2.45, 2.75) is 19.2 Å². The fourth-order valence-electron chi connectivity index (χ4n) is 3.30. The fourth-order valence-corrected chi connectivity index (χ4v) is 3.57. The largest absolute Gasteiger partial charge is 0.491 e. The van der Waals surface area contributed by atoms with E-state index in [0.717, 1.165) is 15.5 Å². The predicted octanol–water partition coefficient (Wildman–Crippen LogP) is 4.17. The Bertz CT molecular complexity index is 1160. The van der Waals surface area contributed by atoms with Crippen LogP contribution in [0.2, 0.25) is 0 Å². The highest BCUT2D eigenvalue weighted by Gasteiger charge is 2.16. The lowest BCUT2D eigenvalue weighted by Gasteiger charge is -2.16. The van der Waals surface area contributed by atoms with E-state index in [1.807, 2.05) is 71.3 Å². The minimum absolute atomic E-state index is 0.143. The summed E-state index contributed by atoms with van der Waals surface area (Å²) in [4.78, 5) is 17.1. The zero-order valence-corrected chi connectivity index (χ0v) is 18.3. The molecule has 4 rings (SSSR count). The van der Waals surface area contributed by atoms with E-state index in [4.69, 9.17) is 4.74 Å². The van der Waals surface area contributed by atoms with Gasteiger partial charge in [0.15, 0.2) is 0 Å². The molecule has 6 nitrogen and oxygen atoms in total. The van der Waals surface area contributed by atoms with Crippen molar-refractivity contribution >= 4 is 32.9 Å². The molecule has 158 valence electrons. The van der Waals surface area contributed by atoms with Crippen molar-refractivity contribution < 1.29 is 14.6 Å². The summed E-state index contributed by atoms with van der Waals surface area (Å²) in [5.74, 6) is 1.19. The van der Waals surface area contributed by atoms with Gasteiger partial charge < -0.3 is 19.7 Å². The maximum absolute atomic E-state index is 12.4. The molecular formula is C24H22BrN3O3. The van der Waals surface area contributed by atoms with Crippen LogP contribution in [-0.2, 0) is 13.1 Å². The molecule has 31 heavy (non-hydrogen) atoms. The number of halogens is 1. The van der Waals surface area contributed by atoms with Crippen LogP contribution in [0.25, 0.3) is 11.0 Å². The van der Waals surface area contributed by atoms with Gasteiger partial charge in [-0.05, 0) is 48.5 Å². The molecule has 0 unspecified atom stereocenters. The van der Waals surface area contributed by atoms with Crippen molar-refractivity contribution in [2.75, 3.05) is 6.61 Å². The Labute approximate surface area is 188 Å². The van der Waals surface area contributed by atoms with Gasteiger partial charge in [-0.15, -0.1) is 0 Å². The molecule has 0 aliphatic heterocycles. The first-order valence-corrected chi connectivity index (χ1v) is 10.7. The van der Waals surface area contributed by atoms with Crippen LogP contribution in [0.1, 0.15) is 16.2 Å². The van der Waals surface area contributed by atoms with E-state index in [9.17, 15) is 9.90 Å². The molecule has 3 aromatic carbocycles. The van der Waals surface area contributed by atoms with Gasteiger partial charge in [-0.1, -0.05) is 46.3 Å². The average Bonchev–Trinajstić information content (AvgIpc) is 3.15. The highest BCUT2D eigenvalue weighted by Crippen LogP contribution is 2.19. The maximum atomic E-state index is 12.4. The molecule has 0 saturated carbocycles. The number of hydrogen-bond donors (Lipinski definition) is 2. The van der Waals surface area contributed by atoms with Gasteiger partial charge in [0.05, 0.1) is 24.1 Å². The summed E-state index contributed by atoms with van der Waals surface area (Å²) in [6.07, 6.45) is -0.746. The van der Waals surface area contributed by atoms with Crippen molar-refractivity contribution in [3.8, 4) is 5.75 Å². The Hall–Kier alpha value is -3.16. The van der Waals surface area contributed by atoms with Crippen LogP contribution in [-0.4, -0.2) is 33.3 Å². The third-order valence-corrected chi connectivity index (χ3v) is 5.35. The summed E-state index contributed by atoms with van der Waals surface area (Å²) in [6.45, 7) is 0.695. The van der Waals surface area contributed by atoms with E-state index in [1.54, 1.807) is 12.1 Å². The summed E-state index contributed by atoms with van der Waals surface area (Å²) >= 11 is 3.39. The van der Waals surface area contributed by atoms with E-state index in [2.05, 4.69) is 26.2 Å². The van der Waals surface area contributed by atoms with Gasteiger partial charge in [0.2, 0.25) is 0 Å². The summed E-state index contributed by atoms with van der Waals surface area (Å²) < 4.78 is 8.60. The van der Waals surface area contributed by atoms with Crippen molar-refractivity contribution in [3.05, 3.63) is 94.7 Å². The number of carbonyl (C=O) groups excluding carboxylic acids is 1. The van der Waals surface area contributed by atoms with Gasteiger partial charge >= 0.3 is 0 Å². The van der Waals surface area contributed by atoms with Gasteiger partial charge in [-0.2, -0.15) is 0 Å². The van der Waals surface area contributed by atoms with Gasteiger partial charge in [0.25, 0.3) is 5.91 Å². The van der Waals surface area contributed by atoms with Crippen LogP contribution in [0.3, 0.4) is 0 Å². The van der Waals surface area contributed by atoms with Crippen LogP contribution in [0.5, 0.6) is 5.75 Å². The van der Waals surface area contributed by atoms with Crippen LogP contribution in [0.15, 0.2) is 83.3 Å². The molecule has 0 aliphatic carbocycles. The topological polar surface area (TPSA) is 76.4 Å². The number of aliphatic hydroxyl groups is 1. The number of nitrogens with zero attached hydrogens (tertiary/aromatic N) is 2. The second kappa shape index (κ2) is 9.76. The third kappa shape index (κ3) is 5.31. The molecular weight excluding hydrogens is 458 g/mol. The van der Waals surface area contributed by atoms with Crippen LogP contribution >= 0.6 is 15.9 Å². The Balaban J connectivity index is 1.46. The minimum Gasteiger partial charge on any atom is -0.491 e. The van der Waals surface area contributed by atoms with E-state index >= 15 is 0 Å². The number of aromatic nitrogens is 2. The van der Waals surface area contributed by atoms with Crippen LogP contribution in [0, 0.1) is 0 Å². The molecule has 0 bridgehead atoms. The molecule has 1 heterocycles. The predicted molar refractivity (Wildman–Crippen MR) is 123 cm³/mol. The number of nitrogens with one attached hydrogen (secondary N) is 1. The monoisotopic (exact) mass is 479 g/mol. The lowest BCUT2D eigenvalue weighted by molar-refractivity contribution is 0.0917. The summed E-state index contributed by atoms with van der Waals surface area (Å²) in [6, 6.07) is 24.2. The molecule has 1 aromatic heterocycles. The molecule has 0 spiro atoms. The summed E-state index contributed by atoms with van der Waals surface area (Å²) in [7, 11) is 0. The highest BCUT2D eigenvalue weighted by atomic mass is 79.9. The van der Waals surface area contributed by atoms with E-state index < -0.39 is 6.10 Å². The third-order valence-electron chi connectivity index (χ3n) is 4.83. The standard InChI is InChI=1S/C24H22BrN3O3/c25-18-10-12-20(13-11-18)31-16-19(29)15-28-22-9-5-4-8-21(22)27-23(28)14-26-24(30)17-6-2-1-3-7-17/h1-13,19,29H,14-16H2,(H,26,30)/t19-/m1/s1. The first kappa shape index (κ1) is 21.1. The number of amides is 1. The zero-order chi connectivity index (χ0) is 21.6. The molecule has 1 amide bonds. The van der Waals surface area contributed by atoms with Gasteiger partial charge in [-0.3, -0.25) is 4.79 Å². The zero-order valence-electron chi connectivity index (χ0n) is 16.7. The number of ether oxygens (including phenoxy) is 1. The highest BCUT2D eigenvalue weighted by molar-refractivity contribution is 9.10. The van der Waals surface area contributed by atoms with Crippen molar-refractivity contribution in [2.24, 2.45) is 0 Å². The van der Waals surface area contributed by atoms with E-state index in [0.29, 0.717) is 23.7 Å².